The predicted molar refractivity (Wildman–Crippen MR) is 155 cm³/mol. The average Bonchev–Trinajstić information content (AvgIpc) is 3.32. The van der Waals surface area contributed by atoms with E-state index in [1.54, 1.807) is 0 Å². The Bertz CT molecular complexity index is 854. The first kappa shape index (κ1) is 23.2. The van der Waals surface area contributed by atoms with Gasteiger partial charge in [0.2, 0.25) is 5.31 Å². The first-order chi connectivity index (χ1) is 15.0. The molecule has 0 saturated carbocycles. The van der Waals surface area contributed by atoms with E-state index in [2.05, 4.69) is 76.2 Å². The molecule has 0 unspecified atom stereocenters. The maximum absolute atomic E-state index is 4.81. The van der Waals surface area contributed by atoms with Gasteiger partial charge in [-0.05, 0) is 8.57 Å². The number of fused-ring (bicyclic) bond motifs is 2. The van der Waals surface area contributed by atoms with Crippen LogP contribution in [-0.2, 0) is 0 Å². The summed E-state index contributed by atoms with van der Waals surface area (Å²) in [5, 5.41) is 5.39. The summed E-state index contributed by atoms with van der Waals surface area (Å²) in [7, 11) is -2.31. The quantitative estimate of drug-likeness (QED) is 0.335. The zero-order valence-electron chi connectivity index (χ0n) is 19.1. The van der Waals surface area contributed by atoms with Crippen LogP contribution < -0.4 is 20.7 Å². The highest BCUT2D eigenvalue weighted by molar-refractivity contribution is 9.51. The minimum absolute atomic E-state index is 0.577. The van der Waals surface area contributed by atoms with Gasteiger partial charge in [-0.3, -0.25) is 0 Å². The van der Waals surface area contributed by atoms with Crippen LogP contribution in [0.25, 0.3) is 0 Å². The lowest BCUT2D eigenvalue weighted by atomic mass is 10.4. The second-order valence-corrected chi connectivity index (χ2v) is 37.7. The summed E-state index contributed by atoms with van der Waals surface area (Å²) >= 11 is 9.62. The third-order valence-corrected chi connectivity index (χ3v) is 52.7. The Morgan fingerprint density at radius 1 is 0.613 bits per heavy atom. The fraction of sp³-hybridized carbons (Fsp3) is 0.500. The Morgan fingerprint density at radius 2 is 0.871 bits per heavy atom. The van der Waals surface area contributed by atoms with Crippen LogP contribution in [0.4, 0.5) is 0 Å². The lowest BCUT2D eigenvalue weighted by molar-refractivity contribution is 0.789. The van der Waals surface area contributed by atoms with Gasteiger partial charge in [-0.15, -0.1) is 30.6 Å². The van der Waals surface area contributed by atoms with E-state index < -0.39 is 40.5 Å². The van der Waals surface area contributed by atoms with Crippen molar-refractivity contribution in [2.75, 3.05) is 0 Å². The van der Waals surface area contributed by atoms with Crippen LogP contribution in [0.3, 0.4) is 0 Å². The molecule has 2 aromatic carbocycles. The van der Waals surface area contributed by atoms with Crippen molar-refractivity contribution in [3.05, 3.63) is 48.5 Å². The van der Waals surface area contributed by atoms with Crippen molar-refractivity contribution in [1.29, 1.82) is 0 Å². The molecule has 4 radical (unpaired) electrons. The Kier molecular flexibility index (Phi) is 6.23. The van der Waals surface area contributed by atoms with Gasteiger partial charge in [0.15, 0.2) is 0 Å². The Labute approximate surface area is 212 Å². The van der Waals surface area contributed by atoms with E-state index >= 15 is 0 Å². The summed E-state index contributed by atoms with van der Waals surface area (Å²) in [5.74, 6) is 0. The van der Waals surface area contributed by atoms with E-state index in [4.69, 9.17) is 30.6 Å². The topological polar surface area (TPSA) is 0 Å². The smallest absolute Gasteiger partial charge is 0.111 e. The fourth-order valence-corrected chi connectivity index (χ4v) is 61.5. The van der Waals surface area contributed by atoms with E-state index in [-0.39, 0.29) is 0 Å². The van der Waals surface area contributed by atoms with Crippen LogP contribution in [0, 0.1) is 0 Å². The predicted octanol–water partition coefficient (Wildman–Crippen LogP) is 4.96. The molecule has 7 heteroatoms. The van der Waals surface area contributed by atoms with E-state index in [0.29, 0.717) is 8.57 Å². The van der Waals surface area contributed by atoms with Gasteiger partial charge in [-0.25, -0.2) is 0 Å². The van der Waals surface area contributed by atoms with E-state index in [1.807, 2.05) is 20.7 Å². The largest absolute Gasteiger partial charge is 0.203 e. The third kappa shape index (κ3) is 2.71. The average molecular weight is 621 g/mol. The van der Waals surface area contributed by atoms with Crippen LogP contribution in [-0.4, -0.2) is 40.5 Å². The summed E-state index contributed by atoms with van der Waals surface area (Å²) in [6.07, 6.45) is 3.01. The molecular weight excluding hydrogens is 589 g/mol. The molecule has 5 rings (SSSR count). The fourth-order valence-electron chi connectivity index (χ4n) is 7.69. The standard InChI is InChI=1S/C24H32Br2Si5/c1-5-27-19-13-9-10-14-20(19)28(6-2)23(27)17-18-24(31(23,25)26)29(7-3)21-15-11-12-16-22(21)30(24)8-4/h9-16H,5-8,17-18H2,1-4H3. The zero-order chi connectivity index (χ0) is 22.0. The molecule has 31 heavy (non-hydrogen) atoms. The second-order valence-electron chi connectivity index (χ2n) is 9.30. The van der Waals surface area contributed by atoms with Crippen molar-refractivity contribution in [2.24, 2.45) is 0 Å². The van der Waals surface area contributed by atoms with Crippen LogP contribution in [0.15, 0.2) is 48.5 Å². The monoisotopic (exact) mass is 618 g/mol. The number of rotatable bonds is 4. The van der Waals surface area contributed by atoms with Gasteiger partial charge in [0, 0.05) is 0 Å². The summed E-state index contributed by atoms with van der Waals surface area (Å²) in [4.78, 5) is 0. The number of hydrogen-bond acceptors (Lipinski definition) is 0. The molecule has 0 atom stereocenters. The summed E-state index contributed by atoms with van der Waals surface area (Å²) in [6.45, 7) is 10.1. The Morgan fingerprint density at radius 3 is 1.10 bits per heavy atom. The molecule has 0 nitrogen and oxygen atoms in total. The molecule has 162 valence electrons. The van der Waals surface area contributed by atoms with Gasteiger partial charge < -0.3 is 0 Å². The maximum atomic E-state index is 4.81. The highest BCUT2D eigenvalue weighted by atomic mass is 79.9. The van der Waals surface area contributed by atoms with Crippen molar-refractivity contribution in [3.63, 3.8) is 0 Å². The van der Waals surface area contributed by atoms with E-state index in [9.17, 15) is 0 Å². The summed E-state index contributed by atoms with van der Waals surface area (Å²) in [6, 6.07) is 25.1. The van der Waals surface area contributed by atoms with Gasteiger partial charge in [-0.2, -0.15) is 0 Å². The second kappa shape index (κ2) is 8.31. The van der Waals surface area contributed by atoms with Crippen molar-refractivity contribution in [1.82, 2.24) is 0 Å². The van der Waals surface area contributed by atoms with Crippen LogP contribution in [0.1, 0.15) is 40.5 Å². The first-order valence-corrected chi connectivity index (χ1v) is 25.3. The Balaban J connectivity index is 1.75. The SMILES string of the molecule is CC[Si]1c2ccccc2[Si](CC)C12CCC1([Si](CC)c3ccccc3[Si]1CC)[Si]2(Br)Br. The number of hydrogen-bond donors (Lipinski definition) is 0. The third-order valence-electron chi connectivity index (χ3n) is 8.58. The maximum Gasteiger partial charge on any atom is 0.203 e. The number of benzene rings is 2. The van der Waals surface area contributed by atoms with Crippen molar-refractivity contribution >= 4 is 91.8 Å². The molecule has 2 aromatic rings. The zero-order valence-corrected chi connectivity index (χ0v) is 27.3. The highest BCUT2D eigenvalue weighted by Crippen LogP contribution is 2.75. The van der Waals surface area contributed by atoms with Crippen LogP contribution in [0.5, 0.6) is 0 Å². The normalized spacial score (nSPS) is 24.3. The molecule has 3 aliphatic rings. The minimum atomic E-state index is -1.90. The van der Waals surface area contributed by atoms with Gasteiger partial charge >= 0.3 is 0 Å². The highest BCUT2D eigenvalue weighted by Gasteiger charge is 2.78. The van der Waals surface area contributed by atoms with Crippen molar-refractivity contribution < 1.29 is 0 Å². The Hall–Kier alpha value is 0.484. The molecular formula is C24H32Br2Si5. The molecule has 3 aliphatic heterocycles. The lowest BCUT2D eigenvalue weighted by Gasteiger charge is -2.50. The van der Waals surface area contributed by atoms with Crippen molar-refractivity contribution in [2.45, 2.75) is 73.3 Å². The van der Waals surface area contributed by atoms with E-state index in [0.717, 1.165) is 0 Å². The molecule has 1 saturated heterocycles. The van der Waals surface area contributed by atoms with E-state index in [1.165, 1.54) is 37.0 Å². The van der Waals surface area contributed by atoms with Crippen molar-refractivity contribution in [3.8, 4) is 0 Å². The van der Waals surface area contributed by atoms with Gasteiger partial charge in [0.1, 0.15) is 0 Å². The summed E-state index contributed by atoms with van der Waals surface area (Å²) in [5.41, 5.74) is 0. The molecule has 0 aliphatic carbocycles. The van der Waals surface area contributed by atoms with Gasteiger partial charge in [0.25, 0.3) is 0 Å². The van der Waals surface area contributed by atoms with Gasteiger partial charge in [0.05, 0.1) is 35.2 Å². The first-order valence-electron chi connectivity index (χ1n) is 12.0. The van der Waals surface area contributed by atoms with Gasteiger partial charge in [-0.1, -0.05) is 134 Å². The minimum Gasteiger partial charge on any atom is -0.111 e. The molecule has 0 bridgehead atoms. The number of halogens is 2. The molecule has 3 heterocycles. The molecule has 0 aromatic heterocycles. The molecule has 0 N–H and O–H groups in total. The van der Waals surface area contributed by atoms with Crippen LogP contribution in [0.2, 0.25) is 32.7 Å². The molecule has 0 amide bonds. The lowest BCUT2D eigenvalue weighted by Crippen LogP contribution is -2.62. The molecule has 2 spiro atoms. The summed E-state index contributed by atoms with van der Waals surface area (Å²) < 4.78 is 1.21. The van der Waals surface area contributed by atoms with Crippen LogP contribution >= 0.6 is 30.6 Å². The molecule has 1 fully saturated rings.